The summed E-state index contributed by atoms with van der Waals surface area (Å²) in [5, 5.41) is 2.38. The molecule has 0 radical (unpaired) electrons. The molecule has 92 valence electrons. The summed E-state index contributed by atoms with van der Waals surface area (Å²) >= 11 is 0. The number of hydrogen-bond acceptors (Lipinski definition) is 2. The van der Waals surface area contributed by atoms with Crippen LogP contribution in [-0.2, 0) is 8.85 Å². The summed E-state index contributed by atoms with van der Waals surface area (Å²) < 4.78 is 12.3. The first-order chi connectivity index (χ1) is 8.92. The maximum Gasteiger partial charge on any atom is 0.407 e. The monoisotopic (exact) mass is 256 g/mol. The van der Waals surface area contributed by atoms with Gasteiger partial charge in [0.15, 0.2) is 0 Å². The van der Waals surface area contributed by atoms with Crippen LogP contribution >= 0.6 is 0 Å². The molecule has 0 unspecified atom stereocenters. The molecule has 0 saturated carbocycles. The zero-order valence-corrected chi connectivity index (χ0v) is 11.2. The molecular formula is C15H16O2Si. The van der Waals surface area contributed by atoms with E-state index in [4.69, 9.17) is 8.85 Å². The van der Waals surface area contributed by atoms with Gasteiger partial charge in [0.2, 0.25) is 0 Å². The van der Waals surface area contributed by atoms with Gasteiger partial charge in [-0.25, -0.2) is 0 Å². The highest BCUT2D eigenvalue weighted by Gasteiger charge is 2.44. The Morgan fingerprint density at radius 3 is 1.56 bits per heavy atom. The third kappa shape index (κ3) is 2.01. The van der Waals surface area contributed by atoms with Gasteiger partial charge >= 0.3 is 8.56 Å². The van der Waals surface area contributed by atoms with Crippen LogP contribution in [0.15, 0.2) is 60.7 Å². The van der Waals surface area contributed by atoms with Crippen molar-refractivity contribution in [2.45, 2.75) is 6.42 Å². The maximum absolute atomic E-state index is 6.15. The zero-order chi connectivity index (χ0) is 12.3. The quantitative estimate of drug-likeness (QED) is 0.761. The van der Waals surface area contributed by atoms with E-state index in [0.717, 1.165) is 19.6 Å². The molecule has 1 aliphatic rings. The predicted octanol–water partition coefficient (Wildman–Crippen LogP) is 1.68. The lowest BCUT2D eigenvalue weighted by molar-refractivity contribution is 0.129. The summed E-state index contributed by atoms with van der Waals surface area (Å²) in [6.45, 7) is 1.58. The Morgan fingerprint density at radius 2 is 1.11 bits per heavy atom. The Balaban J connectivity index is 2.10. The van der Waals surface area contributed by atoms with Gasteiger partial charge in [-0.05, 0) is 16.8 Å². The van der Waals surface area contributed by atoms with Crippen molar-refractivity contribution in [3.05, 3.63) is 60.7 Å². The number of hydrogen-bond donors (Lipinski definition) is 0. The molecular weight excluding hydrogens is 240 g/mol. The average Bonchev–Trinajstić information content (AvgIpc) is 2.50. The summed E-state index contributed by atoms with van der Waals surface area (Å²) in [5.74, 6) is 0. The van der Waals surface area contributed by atoms with Crippen LogP contribution in [0.2, 0.25) is 0 Å². The van der Waals surface area contributed by atoms with Gasteiger partial charge in [0.25, 0.3) is 0 Å². The van der Waals surface area contributed by atoms with E-state index in [1.807, 2.05) is 36.4 Å². The Hall–Kier alpha value is -1.42. The largest absolute Gasteiger partial charge is 0.407 e. The van der Waals surface area contributed by atoms with Crippen LogP contribution < -0.4 is 10.4 Å². The highest BCUT2D eigenvalue weighted by atomic mass is 28.4. The van der Waals surface area contributed by atoms with Crippen molar-refractivity contribution >= 4 is 18.9 Å². The van der Waals surface area contributed by atoms with Gasteiger partial charge < -0.3 is 8.85 Å². The lowest BCUT2D eigenvalue weighted by Gasteiger charge is -2.34. The normalized spacial score (nSPS) is 18.4. The molecule has 0 atom stereocenters. The predicted molar refractivity (Wildman–Crippen MR) is 74.4 cm³/mol. The second kappa shape index (κ2) is 5.06. The molecule has 1 fully saturated rings. The van der Waals surface area contributed by atoms with Crippen LogP contribution in [0.5, 0.6) is 0 Å². The molecule has 3 rings (SSSR count). The van der Waals surface area contributed by atoms with Crippen molar-refractivity contribution in [3.63, 3.8) is 0 Å². The lowest BCUT2D eigenvalue weighted by Crippen LogP contribution is -2.65. The summed E-state index contributed by atoms with van der Waals surface area (Å²) in [6, 6.07) is 20.7. The Morgan fingerprint density at radius 1 is 0.667 bits per heavy atom. The molecule has 18 heavy (non-hydrogen) atoms. The third-order valence-electron chi connectivity index (χ3n) is 3.21. The van der Waals surface area contributed by atoms with E-state index in [1.54, 1.807) is 0 Å². The van der Waals surface area contributed by atoms with E-state index in [-0.39, 0.29) is 0 Å². The summed E-state index contributed by atoms with van der Waals surface area (Å²) in [7, 11) is -2.43. The minimum Gasteiger partial charge on any atom is -0.388 e. The van der Waals surface area contributed by atoms with Gasteiger partial charge in [0.05, 0.1) is 0 Å². The molecule has 0 aromatic heterocycles. The van der Waals surface area contributed by atoms with Gasteiger partial charge in [0, 0.05) is 13.2 Å². The van der Waals surface area contributed by atoms with Crippen LogP contribution in [0.1, 0.15) is 6.42 Å². The van der Waals surface area contributed by atoms with Crippen LogP contribution in [0.3, 0.4) is 0 Å². The van der Waals surface area contributed by atoms with Crippen LogP contribution in [0.25, 0.3) is 0 Å². The number of benzene rings is 2. The molecule has 2 nitrogen and oxygen atoms in total. The summed E-state index contributed by atoms with van der Waals surface area (Å²) in [6.07, 6.45) is 0.981. The maximum atomic E-state index is 6.15. The highest BCUT2D eigenvalue weighted by Crippen LogP contribution is 2.14. The van der Waals surface area contributed by atoms with Crippen molar-refractivity contribution in [3.8, 4) is 0 Å². The van der Waals surface area contributed by atoms with Gasteiger partial charge in [-0.3, -0.25) is 0 Å². The third-order valence-corrected chi connectivity index (χ3v) is 6.62. The molecule has 3 heteroatoms. The van der Waals surface area contributed by atoms with Gasteiger partial charge in [-0.15, -0.1) is 0 Å². The van der Waals surface area contributed by atoms with Crippen molar-refractivity contribution < 1.29 is 8.85 Å². The van der Waals surface area contributed by atoms with E-state index in [0.29, 0.717) is 0 Å². The van der Waals surface area contributed by atoms with Crippen LogP contribution in [0.4, 0.5) is 0 Å². The van der Waals surface area contributed by atoms with E-state index in [9.17, 15) is 0 Å². The first-order valence-electron chi connectivity index (χ1n) is 6.31. The van der Waals surface area contributed by atoms with Gasteiger partial charge in [-0.1, -0.05) is 60.7 Å². The van der Waals surface area contributed by atoms with Crippen LogP contribution in [-0.4, -0.2) is 21.8 Å². The molecule has 0 spiro atoms. The molecule has 0 amide bonds. The van der Waals surface area contributed by atoms with Crippen molar-refractivity contribution in [1.82, 2.24) is 0 Å². The molecule has 1 saturated heterocycles. The van der Waals surface area contributed by atoms with Crippen LogP contribution in [0, 0.1) is 0 Å². The summed E-state index contributed by atoms with van der Waals surface area (Å²) in [4.78, 5) is 0. The first-order valence-corrected chi connectivity index (χ1v) is 8.12. The van der Waals surface area contributed by atoms with Crippen molar-refractivity contribution in [2.24, 2.45) is 0 Å². The average molecular weight is 256 g/mol. The van der Waals surface area contributed by atoms with Gasteiger partial charge in [-0.2, -0.15) is 0 Å². The second-order valence-corrected chi connectivity index (χ2v) is 7.36. The number of rotatable bonds is 2. The fourth-order valence-corrected chi connectivity index (χ4v) is 5.56. The lowest BCUT2D eigenvalue weighted by atomic mass is 10.4. The molecule has 0 N–H and O–H groups in total. The SMILES string of the molecule is c1ccc([Si]2(c3ccccc3)OCCCO2)cc1. The first kappa shape index (κ1) is 11.7. The van der Waals surface area contributed by atoms with Gasteiger partial charge in [0.1, 0.15) is 0 Å². The van der Waals surface area contributed by atoms with Crippen molar-refractivity contribution in [1.29, 1.82) is 0 Å². The minimum atomic E-state index is -2.43. The molecule has 0 aliphatic carbocycles. The molecule has 2 aromatic rings. The van der Waals surface area contributed by atoms with E-state index >= 15 is 0 Å². The van der Waals surface area contributed by atoms with E-state index < -0.39 is 8.56 Å². The van der Waals surface area contributed by atoms with E-state index in [2.05, 4.69) is 24.3 Å². The summed E-state index contributed by atoms with van der Waals surface area (Å²) in [5.41, 5.74) is 0. The van der Waals surface area contributed by atoms with Crippen molar-refractivity contribution in [2.75, 3.05) is 13.2 Å². The topological polar surface area (TPSA) is 18.5 Å². The minimum absolute atomic E-state index is 0.788. The fraction of sp³-hybridized carbons (Fsp3) is 0.200. The molecule has 1 aliphatic heterocycles. The highest BCUT2D eigenvalue weighted by molar-refractivity contribution is 6.92. The standard InChI is InChI=1S/C15H16O2Si/c1-3-8-14(9-4-1)18(16-12-7-13-17-18)15-10-5-2-6-11-15/h1-6,8-11H,7,12-13H2. The fourth-order valence-electron chi connectivity index (χ4n) is 2.35. The second-order valence-electron chi connectivity index (χ2n) is 4.40. The molecule has 2 aromatic carbocycles. The Bertz CT molecular complexity index is 451. The molecule has 0 bridgehead atoms. The molecule has 1 heterocycles. The Kier molecular flexibility index (Phi) is 3.28. The Labute approximate surface area is 108 Å². The van der Waals surface area contributed by atoms with E-state index in [1.165, 1.54) is 10.4 Å². The zero-order valence-electron chi connectivity index (χ0n) is 10.2. The smallest absolute Gasteiger partial charge is 0.388 e.